The number of furan rings is 1. The van der Waals surface area contributed by atoms with Crippen LogP contribution in [0.3, 0.4) is 0 Å². The lowest BCUT2D eigenvalue weighted by Crippen LogP contribution is -2.50. The molecule has 1 aliphatic heterocycles. The summed E-state index contributed by atoms with van der Waals surface area (Å²) in [6.45, 7) is 7.23. The molecule has 0 bridgehead atoms. The number of nitrogens with zero attached hydrogens (tertiary/aromatic N) is 1. The molecule has 0 radical (unpaired) electrons. The molecule has 0 aliphatic carbocycles. The second kappa shape index (κ2) is 6.41. The summed E-state index contributed by atoms with van der Waals surface area (Å²) in [6.07, 6.45) is 3.72. The average Bonchev–Trinajstić information content (AvgIpc) is 2.98. The molecule has 3 N–H and O–H groups in total. The summed E-state index contributed by atoms with van der Waals surface area (Å²) in [5.74, 6) is 0.831. The zero-order valence-corrected chi connectivity index (χ0v) is 12.4. The van der Waals surface area contributed by atoms with Gasteiger partial charge in [-0.15, -0.1) is 0 Å². The maximum atomic E-state index is 12.1. The maximum absolute atomic E-state index is 12.1. The van der Waals surface area contributed by atoms with E-state index in [1.807, 2.05) is 19.1 Å². The number of rotatable bonds is 5. The van der Waals surface area contributed by atoms with Gasteiger partial charge in [0.1, 0.15) is 5.76 Å². The van der Waals surface area contributed by atoms with Crippen molar-refractivity contribution in [3.8, 4) is 0 Å². The van der Waals surface area contributed by atoms with Crippen LogP contribution in [0.25, 0.3) is 0 Å². The zero-order valence-electron chi connectivity index (χ0n) is 12.4. The Balaban J connectivity index is 1.79. The van der Waals surface area contributed by atoms with Crippen LogP contribution < -0.4 is 11.1 Å². The molecule has 112 valence electrons. The first kappa shape index (κ1) is 15.1. The van der Waals surface area contributed by atoms with Gasteiger partial charge >= 0.3 is 0 Å². The lowest BCUT2D eigenvalue weighted by molar-refractivity contribution is -0.127. The Bertz CT molecular complexity index is 422. The molecule has 0 saturated carbocycles. The summed E-state index contributed by atoms with van der Waals surface area (Å²) < 4.78 is 5.21. The van der Waals surface area contributed by atoms with E-state index >= 15 is 0 Å². The number of amides is 1. The zero-order chi connectivity index (χ0) is 14.6. The van der Waals surface area contributed by atoms with E-state index in [-0.39, 0.29) is 17.4 Å². The normalized spacial score (nSPS) is 20.6. The van der Waals surface area contributed by atoms with Gasteiger partial charge in [-0.2, -0.15) is 0 Å². The van der Waals surface area contributed by atoms with Crippen LogP contribution in [-0.2, 0) is 11.3 Å². The molecule has 0 spiro atoms. The highest BCUT2D eigenvalue weighted by atomic mass is 16.3. The number of carbonyl (C=O) groups is 1. The number of carbonyl (C=O) groups excluding carboxylic acids is 1. The number of hydrogen-bond acceptors (Lipinski definition) is 4. The number of hydrogen-bond donors (Lipinski definition) is 2. The van der Waals surface area contributed by atoms with E-state index in [0.717, 1.165) is 38.2 Å². The third-order valence-electron chi connectivity index (χ3n) is 4.44. The molecular weight excluding hydrogens is 254 g/mol. The minimum atomic E-state index is -0.104. The van der Waals surface area contributed by atoms with Gasteiger partial charge in [-0.05, 0) is 56.9 Å². The van der Waals surface area contributed by atoms with Crippen molar-refractivity contribution in [1.29, 1.82) is 0 Å². The topological polar surface area (TPSA) is 71.5 Å². The van der Waals surface area contributed by atoms with Crippen molar-refractivity contribution in [3.05, 3.63) is 24.2 Å². The van der Waals surface area contributed by atoms with Crippen molar-refractivity contribution in [1.82, 2.24) is 10.2 Å². The molecule has 2 rings (SSSR count). The Hall–Kier alpha value is -1.33. The monoisotopic (exact) mass is 279 g/mol. The van der Waals surface area contributed by atoms with Crippen molar-refractivity contribution < 1.29 is 9.21 Å². The fourth-order valence-corrected chi connectivity index (χ4v) is 2.56. The summed E-state index contributed by atoms with van der Waals surface area (Å²) in [4.78, 5) is 14.4. The Morgan fingerprint density at radius 3 is 2.80 bits per heavy atom. The molecule has 5 nitrogen and oxygen atoms in total. The van der Waals surface area contributed by atoms with Gasteiger partial charge in [-0.25, -0.2) is 0 Å². The van der Waals surface area contributed by atoms with Crippen LogP contribution in [0.4, 0.5) is 0 Å². The Labute approximate surface area is 120 Å². The third-order valence-corrected chi connectivity index (χ3v) is 4.44. The van der Waals surface area contributed by atoms with E-state index in [2.05, 4.69) is 17.1 Å². The number of likely N-dealkylation sites (tertiary alicyclic amines) is 1. The van der Waals surface area contributed by atoms with Gasteiger partial charge in [-0.1, -0.05) is 6.92 Å². The molecule has 1 aromatic rings. The van der Waals surface area contributed by atoms with Crippen molar-refractivity contribution in [2.45, 2.75) is 39.3 Å². The minimum Gasteiger partial charge on any atom is -0.467 e. The highest BCUT2D eigenvalue weighted by molar-refractivity contribution is 5.81. The standard InChI is InChI=1S/C15H25N3O2/c1-12(14(19)17-10-13-4-3-9-20-13)18-7-5-15(2,11-16)6-8-18/h3-4,9,12H,5-8,10-11,16H2,1-2H3,(H,17,19). The molecule has 1 unspecified atom stereocenters. The molecule has 0 aromatic carbocycles. The maximum Gasteiger partial charge on any atom is 0.237 e. The van der Waals surface area contributed by atoms with Crippen molar-refractivity contribution >= 4 is 5.91 Å². The fraction of sp³-hybridized carbons (Fsp3) is 0.667. The molecule has 5 heteroatoms. The van der Waals surface area contributed by atoms with Crippen LogP contribution in [0.2, 0.25) is 0 Å². The van der Waals surface area contributed by atoms with Crippen molar-refractivity contribution in [2.24, 2.45) is 11.1 Å². The van der Waals surface area contributed by atoms with Gasteiger partial charge in [0.15, 0.2) is 0 Å². The Morgan fingerprint density at radius 2 is 2.25 bits per heavy atom. The lowest BCUT2D eigenvalue weighted by atomic mass is 9.80. The van der Waals surface area contributed by atoms with Gasteiger partial charge < -0.3 is 15.5 Å². The molecule has 1 aromatic heterocycles. The minimum absolute atomic E-state index is 0.0535. The first-order valence-electron chi connectivity index (χ1n) is 7.28. The van der Waals surface area contributed by atoms with E-state index < -0.39 is 0 Å². The summed E-state index contributed by atoms with van der Waals surface area (Å²) in [7, 11) is 0. The Morgan fingerprint density at radius 1 is 1.55 bits per heavy atom. The number of nitrogens with one attached hydrogen (secondary N) is 1. The average molecular weight is 279 g/mol. The van der Waals surface area contributed by atoms with E-state index in [9.17, 15) is 4.79 Å². The van der Waals surface area contributed by atoms with Crippen LogP contribution in [0.15, 0.2) is 22.8 Å². The molecule has 1 saturated heterocycles. The van der Waals surface area contributed by atoms with Gasteiger partial charge in [0.05, 0.1) is 18.8 Å². The van der Waals surface area contributed by atoms with Crippen LogP contribution >= 0.6 is 0 Å². The third kappa shape index (κ3) is 3.61. The fourth-order valence-electron chi connectivity index (χ4n) is 2.56. The Kier molecular flexibility index (Phi) is 4.83. The molecule has 2 heterocycles. The second-order valence-electron chi connectivity index (χ2n) is 6.02. The van der Waals surface area contributed by atoms with Gasteiger partial charge in [0, 0.05) is 0 Å². The molecule has 1 aliphatic rings. The van der Waals surface area contributed by atoms with Crippen LogP contribution in [0.1, 0.15) is 32.4 Å². The largest absolute Gasteiger partial charge is 0.467 e. The first-order chi connectivity index (χ1) is 9.54. The lowest BCUT2D eigenvalue weighted by Gasteiger charge is -2.40. The van der Waals surface area contributed by atoms with E-state index in [0.29, 0.717) is 6.54 Å². The van der Waals surface area contributed by atoms with Gasteiger partial charge in [-0.3, -0.25) is 9.69 Å². The highest BCUT2D eigenvalue weighted by Crippen LogP contribution is 2.30. The predicted molar refractivity (Wildman–Crippen MR) is 78.0 cm³/mol. The van der Waals surface area contributed by atoms with Crippen LogP contribution in [0, 0.1) is 5.41 Å². The molecule has 1 amide bonds. The summed E-state index contributed by atoms with van der Waals surface area (Å²) in [6, 6.07) is 3.58. The molecule has 1 atom stereocenters. The van der Waals surface area contributed by atoms with Crippen LogP contribution in [-0.4, -0.2) is 36.5 Å². The summed E-state index contributed by atoms with van der Waals surface area (Å²) in [5.41, 5.74) is 6.05. The van der Waals surface area contributed by atoms with Gasteiger partial charge in [0.25, 0.3) is 0 Å². The number of nitrogens with two attached hydrogens (primary N) is 1. The SMILES string of the molecule is CC(C(=O)NCc1ccco1)N1CCC(C)(CN)CC1. The van der Waals surface area contributed by atoms with Crippen LogP contribution in [0.5, 0.6) is 0 Å². The predicted octanol–water partition coefficient (Wildman–Crippen LogP) is 1.35. The first-order valence-corrected chi connectivity index (χ1v) is 7.28. The van der Waals surface area contributed by atoms with E-state index in [1.165, 1.54) is 0 Å². The quantitative estimate of drug-likeness (QED) is 0.853. The second-order valence-corrected chi connectivity index (χ2v) is 6.02. The number of piperidine rings is 1. The molecule has 20 heavy (non-hydrogen) atoms. The smallest absolute Gasteiger partial charge is 0.237 e. The molecular formula is C15H25N3O2. The summed E-state index contributed by atoms with van der Waals surface area (Å²) in [5, 5.41) is 2.92. The summed E-state index contributed by atoms with van der Waals surface area (Å²) >= 11 is 0. The van der Waals surface area contributed by atoms with Crippen molar-refractivity contribution in [3.63, 3.8) is 0 Å². The van der Waals surface area contributed by atoms with Gasteiger partial charge in [0.2, 0.25) is 5.91 Å². The highest BCUT2D eigenvalue weighted by Gasteiger charge is 2.32. The van der Waals surface area contributed by atoms with E-state index in [1.54, 1.807) is 6.26 Å². The van der Waals surface area contributed by atoms with Crippen molar-refractivity contribution in [2.75, 3.05) is 19.6 Å². The van der Waals surface area contributed by atoms with E-state index in [4.69, 9.17) is 10.2 Å². The molecule has 1 fully saturated rings.